The quantitative estimate of drug-likeness (QED) is 0.162. The van der Waals surface area contributed by atoms with Crippen LogP contribution >= 0.6 is 0 Å². The first-order chi connectivity index (χ1) is 28.7. The van der Waals surface area contributed by atoms with Crippen LogP contribution in [0.2, 0.25) is 0 Å². The molecule has 0 amide bonds. The van der Waals surface area contributed by atoms with Crippen LogP contribution in [0.3, 0.4) is 0 Å². The number of nitrogens with zero attached hydrogens (tertiary/aromatic N) is 1. The molecule has 2 heteroatoms. The number of fused-ring (bicyclic) bond motifs is 5. The molecular weight excluding hydrogens is 703 g/mol. The second-order valence-corrected chi connectivity index (χ2v) is 14.9. The molecular formula is C56H37NO. The van der Waals surface area contributed by atoms with Gasteiger partial charge in [-0.3, -0.25) is 0 Å². The van der Waals surface area contributed by atoms with Gasteiger partial charge in [-0.25, -0.2) is 0 Å². The Labute approximate surface area is 337 Å². The molecule has 0 aliphatic heterocycles. The highest BCUT2D eigenvalue weighted by Crippen LogP contribution is 2.48. The summed E-state index contributed by atoms with van der Waals surface area (Å²) in [5.74, 6) is 0. The summed E-state index contributed by atoms with van der Waals surface area (Å²) in [5, 5.41) is 7.15. The van der Waals surface area contributed by atoms with E-state index in [1.54, 1.807) is 0 Å². The number of rotatable bonds is 7. The van der Waals surface area contributed by atoms with Gasteiger partial charge in [-0.2, -0.15) is 0 Å². The van der Waals surface area contributed by atoms with Gasteiger partial charge >= 0.3 is 0 Å². The highest BCUT2D eigenvalue weighted by molar-refractivity contribution is 6.07. The molecule has 58 heavy (non-hydrogen) atoms. The molecule has 272 valence electrons. The zero-order valence-corrected chi connectivity index (χ0v) is 31.7. The van der Waals surface area contributed by atoms with Gasteiger partial charge in [0.1, 0.15) is 11.2 Å². The van der Waals surface area contributed by atoms with E-state index in [4.69, 9.17) is 4.42 Å². The smallest absolute Gasteiger partial charge is 0.136 e. The standard InChI is InChI=1S/C56H37NO/c1-2-13-38(14-3-1)43-19-10-20-47(36-43)57(46-32-29-40(30-33-46)44-31-34-51-50-22-8-9-26-54(50)58-55(51)37-44)53-25-12-24-52(49-23-11-18-41-16-6-7-21-48(41)49)56(53)45-28-27-39-15-4-5-17-42(39)35-45/h1-37H. The molecule has 0 bridgehead atoms. The number of hydrogen-bond donors (Lipinski definition) is 0. The lowest BCUT2D eigenvalue weighted by molar-refractivity contribution is 0.669. The monoisotopic (exact) mass is 739 g/mol. The minimum Gasteiger partial charge on any atom is -0.456 e. The summed E-state index contributed by atoms with van der Waals surface area (Å²) in [6.45, 7) is 0. The lowest BCUT2D eigenvalue weighted by Crippen LogP contribution is -2.12. The van der Waals surface area contributed by atoms with E-state index in [2.05, 4.69) is 217 Å². The van der Waals surface area contributed by atoms with E-state index in [1.807, 2.05) is 12.1 Å². The molecule has 0 saturated carbocycles. The summed E-state index contributed by atoms with van der Waals surface area (Å²) in [6, 6.07) is 80.9. The molecule has 10 aromatic carbocycles. The third kappa shape index (κ3) is 5.91. The Kier molecular flexibility index (Phi) is 8.19. The average Bonchev–Trinajstić information content (AvgIpc) is 3.67. The van der Waals surface area contributed by atoms with Gasteiger partial charge in [0.25, 0.3) is 0 Å². The zero-order valence-electron chi connectivity index (χ0n) is 31.7. The molecule has 0 aliphatic carbocycles. The van der Waals surface area contributed by atoms with Crippen LogP contribution in [0.5, 0.6) is 0 Å². The lowest BCUT2D eigenvalue weighted by atomic mass is 9.88. The van der Waals surface area contributed by atoms with Gasteiger partial charge in [-0.1, -0.05) is 170 Å². The second-order valence-electron chi connectivity index (χ2n) is 14.9. The molecule has 0 aliphatic rings. The highest BCUT2D eigenvalue weighted by atomic mass is 16.3. The van der Waals surface area contributed by atoms with Crippen molar-refractivity contribution in [3.8, 4) is 44.5 Å². The predicted octanol–water partition coefficient (Wildman–Crippen LogP) is 16.0. The number of anilines is 3. The van der Waals surface area contributed by atoms with E-state index in [1.165, 1.54) is 43.8 Å². The van der Waals surface area contributed by atoms with Gasteiger partial charge in [0.15, 0.2) is 0 Å². The van der Waals surface area contributed by atoms with E-state index >= 15 is 0 Å². The Balaban J connectivity index is 1.13. The molecule has 0 fully saturated rings. The van der Waals surface area contributed by atoms with Crippen molar-refractivity contribution >= 4 is 60.5 Å². The Bertz CT molecular complexity index is 3280. The zero-order chi connectivity index (χ0) is 38.4. The van der Waals surface area contributed by atoms with Crippen molar-refractivity contribution in [1.29, 1.82) is 0 Å². The van der Waals surface area contributed by atoms with Gasteiger partial charge in [0.2, 0.25) is 0 Å². The SMILES string of the molecule is c1ccc(-c2cccc(N(c3ccc(-c4ccc5c(c4)oc4ccccc45)cc3)c3cccc(-c4cccc5ccccc45)c3-c3ccc4ccccc4c3)c2)cc1. The summed E-state index contributed by atoms with van der Waals surface area (Å²) in [4.78, 5) is 2.43. The maximum atomic E-state index is 6.29. The third-order valence-electron chi connectivity index (χ3n) is 11.5. The van der Waals surface area contributed by atoms with Crippen LogP contribution in [0, 0.1) is 0 Å². The summed E-state index contributed by atoms with van der Waals surface area (Å²) in [7, 11) is 0. The normalized spacial score (nSPS) is 11.4. The number of hydrogen-bond acceptors (Lipinski definition) is 2. The van der Waals surface area contributed by atoms with Crippen molar-refractivity contribution in [1.82, 2.24) is 0 Å². The summed E-state index contributed by atoms with van der Waals surface area (Å²) in [6.07, 6.45) is 0. The van der Waals surface area contributed by atoms with Crippen LogP contribution in [0.4, 0.5) is 17.1 Å². The summed E-state index contributed by atoms with van der Waals surface area (Å²) >= 11 is 0. The van der Waals surface area contributed by atoms with Crippen molar-refractivity contribution in [2.45, 2.75) is 0 Å². The van der Waals surface area contributed by atoms with E-state index in [0.717, 1.165) is 61.3 Å². The van der Waals surface area contributed by atoms with Gasteiger partial charge < -0.3 is 9.32 Å². The van der Waals surface area contributed by atoms with E-state index in [-0.39, 0.29) is 0 Å². The maximum Gasteiger partial charge on any atom is 0.136 e. The Morgan fingerprint density at radius 3 is 1.78 bits per heavy atom. The van der Waals surface area contributed by atoms with Crippen LogP contribution in [0.25, 0.3) is 88.0 Å². The lowest BCUT2D eigenvalue weighted by Gasteiger charge is -2.30. The largest absolute Gasteiger partial charge is 0.456 e. The second kappa shape index (κ2) is 14.1. The third-order valence-corrected chi connectivity index (χ3v) is 11.5. The number of benzene rings is 10. The van der Waals surface area contributed by atoms with Crippen LogP contribution < -0.4 is 4.90 Å². The first-order valence-corrected chi connectivity index (χ1v) is 19.8. The topological polar surface area (TPSA) is 16.4 Å². The van der Waals surface area contributed by atoms with Crippen LogP contribution in [-0.2, 0) is 0 Å². The first-order valence-electron chi connectivity index (χ1n) is 19.8. The van der Waals surface area contributed by atoms with Crippen molar-refractivity contribution < 1.29 is 4.42 Å². The molecule has 0 saturated heterocycles. The minimum absolute atomic E-state index is 0.896. The van der Waals surface area contributed by atoms with Crippen LogP contribution in [-0.4, -0.2) is 0 Å². The van der Waals surface area contributed by atoms with Gasteiger partial charge in [-0.05, 0) is 115 Å². The van der Waals surface area contributed by atoms with Crippen molar-refractivity contribution in [3.63, 3.8) is 0 Å². The van der Waals surface area contributed by atoms with Gasteiger partial charge in [-0.15, -0.1) is 0 Å². The number of furan rings is 1. The fourth-order valence-electron chi connectivity index (χ4n) is 8.65. The minimum atomic E-state index is 0.896. The van der Waals surface area contributed by atoms with Crippen molar-refractivity contribution in [3.05, 3.63) is 224 Å². The summed E-state index contributed by atoms with van der Waals surface area (Å²) < 4.78 is 6.29. The van der Waals surface area contributed by atoms with Crippen LogP contribution in [0.15, 0.2) is 229 Å². The van der Waals surface area contributed by atoms with E-state index in [9.17, 15) is 0 Å². The van der Waals surface area contributed by atoms with Gasteiger partial charge in [0, 0.05) is 27.7 Å². The van der Waals surface area contributed by atoms with Crippen molar-refractivity contribution in [2.75, 3.05) is 4.90 Å². The molecule has 0 atom stereocenters. The number of para-hydroxylation sites is 1. The molecule has 0 spiro atoms. The predicted molar refractivity (Wildman–Crippen MR) is 245 cm³/mol. The molecule has 1 heterocycles. The Hall–Kier alpha value is -7.68. The molecule has 11 rings (SSSR count). The molecule has 2 nitrogen and oxygen atoms in total. The molecule has 0 N–H and O–H groups in total. The highest BCUT2D eigenvalue weighted by Gasteiger charge is 2.22. The fraction of sp³-hybridized carbons (Fsp3) is 0. The average molecular weight is 740 g/mol. The Morgan fingerprint density at radius 1 is 0.293 bits per heavy atom. The summed E-state index contributed by atoms with van der Waals surface area (Å²) in [5.41, 5.74) is 14.4. The van der Waals surface area contributed by atoms with Crippen molar-refractivity contribution in [2.24, 2.45) is 0 Å². The van der Waals surface area contributed by atoms with E-state index in [0.29, 0.717) is 0 Å². The van der Waals surface area contributed by atoms with Gasteiger partial charge in [0.05, 0.1) is 5.69 Å². The fourth-order valence-corrected chi connectivity index (χ4v) is 8.65. The first kappa shape index (κ1) is 33.6. The molecule has 11 aromatic rings. The molecule has 0 radical (unpaired) electrons. The molecule has 1 aromatic heterocycles. The maximum absolute atomic E-state index is 6.29. The van der Waals surface area contributed by atoms with Crippen LogP contribution in [0.1, 0.15) is 0 Å². The van der Waals surface area contributed by atoms with E-state index < -0.39 is 0 Å². The Morgan fingerprint density at radius 2 is 0.897 bits per heavy atom. The molecule has 0 unspecified atom stereocenters.